The molecule has 0 bridgehead atoms. The van der Waals surface area contributed by atoms with Crippen molar-refractivity contribution in [3.63, 3.8) is 0 Å². The topological polar surface area (TPSA) is 59.4 Å². The fourth-order valence-electron chi connectivity index (χ4n) is 3.51. The third-order valence-corrected chi connectivity index (χ3v) is 5.23. The third-order valence-electron chi connectivity index (χ3n) is 4.90. The molecule has 6 nitrogen and oxygen atoms in total. The number of ether oxygens (including phenoxy) is 1. The first-order valence-electron chi connectivity index (χ1n) is 8.92. The first-order chi connectivity index (χ1) is 13.1. The van der Waals surface area contributed by atoms with Crippen molar-refractivity contribution >= 4 is 28.3 Å². The van der Waals surface area contributed by atoms with Gasteiger partial charge < -0.3 is 19.5 Å². The molecule has 140 valence electrons. The number of piperazine rings is 1. The van der Waals surface area contributed by atoms with Crippen molar-refractivity contribution in [3.8, 4) is 5.75 Å². The summed E-state index contributed by atoms with van der Waals surface area (Å²) in [5, 5.41) is 5.82. The van der Waals surface area contributed by atoms with Gasteiger partial charge in [-0.15, -0.1) is 0 Å². The molecular weight excluding hydrogens is 364 g/mol. The summed E-state index contributed by atoms with van der Waals surface area (Å²) in [6, 6.07) is 11.3. The smallest absolute Gasteiger partial charge is 0.261 e. The van der Waals surface area contributed by atoms with Crippen molar-refractivity contribution in [2.75, 3.05) is 26.2 Å². The minimum absolute atomic E-state index is 0.0213. The highest BCUT2D eigenvalue weighted by molar-refractivity contribution is 6.35. The van der Waals surface area contributed by atoms with E-state index in [0.717, 1.165) is 23.1 Å². The van der Waals surface area contributed by atoms with Crippen LogP contribution in [0.5, 0.6) is 5.75 Å². The van der Waals surface area contributed by atoms with Crippen LogP contribution in [-0.4, -0.2) is 46.6 Å². The molecule has 4 rings (SSSR count). The maximum Gasteiger partial charge on any atom is 0.261 e. The largest absolute Gasteiger partial charge is 0.483 e. The second-order valence-corrected chi connectivity index (χ2v) is 6.99. The monoisotopic (exact) mass is 384 g/mol. The van der Waals surface area contributed by atoms with E-state index in [1.54, 1.807) is 12.3 Å². The summed E-state index contributed by atoms with van der Waals surface area (Å²) < 4.78 is 7.84. The molecule has 0 aliphatic carbocycles. The molecule has 0 spiro atoms. The molecule has 1 aliphatic heterocycles. The number of rotatable bonds is 4. The molecule has 1 aromatic heterocycles. The van der Waals surface area contributed by atoms with E-state index in [2.05, 4.69) is 10.3 Å². The number of hydrogen-bond acceptors (Lipinski definition) is 4. The fourth-order valence-corrected chi connectivity index (χ4v) is 3.74. The van der Waals surface area contributed by atoms with Gasteiger partial charge in [-0.1, -0.05) is 35.9 Å². The summed E-state index contributed by atoms with van der Waals surface area (Å²) in [6.45, 7) is 2.05. The van der Waals surface area contributed by atoms with Crippen molar-refractivity contribution in [2.24, 2.45) is 7.05 Å². The van der Waals surface area contributed by atoms with Gasteiger partial charge in [-0.3, -0.25) is 4.79 Å². The lowest BCUT2D eigenvalue weighted by Gasteiger charge is -2.35. The Hall–Kier alpha value is -2.57. The highest BCUT2D eigenvalue weighted by Gasteiger charge is 2.30. The summed E-state index contributed by atoms with van der Waals surface area (Å²) in [6.07, 6.45) is 3.64. The molecule has 1 N–H and O–H groups in total. The number of nitrogens with zero attached hydrogens (tertiary/aromatic N) is 3. The first-order valence-corrected chi connectivity index (χ1v) is 9.30. The van der Waals surface area contributed by atoms with Crippen LogP contribution in [0.3, 0.4) is 0 Å². The van der Waals surface area contributed by atoms with E-state index in [1.807, 2.05) is 53.0 Å². The van der Waals surface area contributed by atoms with Crippen LogP contribution < -0.4 is 10.1 Å². The minimum atomic E-state index is -0.100. The van der Waals surface area contributed by atoms with Crippen LogP contribution in [0.25, 0.3) is 10.8 Å². The molecular formula is C20H21ClN4O2. The summed E-state index contributed by atoms with van der Waals surface area (Å²) in [7, 11) is 1.94. The predicted molar refractivity (Wildman–Crippen MR) is 105 cm³/mol. The molecule has 27 heavy (non-hydrogen) atoms. The zero-order valence-electron chi connectivity index (χ0n) is 15.1. The predicted octanol–water partition coefficient (Wildman–Crippen LogP) is 2.78. The van der Waals surface area contributed by atoms with Crippen LogP contribution in [0.4, 0.5) is 0 Å². The van der Waals surface area contributed by atoms with Crippen LogP contribution in [0, 0.1) is 0 Å². The van der Waals surface area contributed by atoms with Crippen LogP contribution in [-0.2, 0) is 11.8 Å². The molecule has 1 aliphatic rings. The van der Waals surface area contributed by atoms with Gasteiger partial charge >= 0.3 is 0 Å². The van der Waals surface area contributed by atoms with Crippen molar-refractivity contribution in [1.82, 2.24) is 19.8 Å². The van der Waals surface area contributed by atoms with Crippen molar-refractivity contribution in [2.45, 2.75) is 6.04 Å². The van der Waals surface area contributed by atoms with Gasteiger partial charge in [-0.05, 0) is 12.1 Å². The quantitative estimate of drug-likeness (QED) is 0.751. The van der Waals surface area contributed by atoms with E-state index in [9.17, 15) is 4.79 Å². The number of nitrogens with one attached hydrogen (secondary N) is 1. The normalized spacial score (nSPS) is 17.3. The van der Waals surface area contributed by atoms with Crippen LogP contribution >= 0.6 is 11.6 Å². The zero-order chi connectivity index (χ0) is 18.8. The van der Waals surface area contributed by atoms with Gasteiger partial charge in [0.25, 0.3) is 5.91 Å². The second kappa shape index (κ2) is 7.58. The van der Waals surface area contributed by atoms with Gasteiger partial charge in [0, 0.05) is 54.9 Å². The van der Waals surface area contributed by atoms with Gasteiger partial charge in [0.05, 0.1) is 0 Å². The van der Waals surface area contributed by atoms with Crippen LogP contribution in [0.15, 0.2) is 48.8 Å². The summed E-state index contributed by atoms with van der Waals surface area (Å²) in [5.41, 5.74) is 0. The minimum Gasteiger partial charge on any atom is -0.483 e. The summed E-state index contributed by atoms with van der Waals surface area (Å²) in [5.74, 6) is 1.48. The summed E-state index contributed by atoms with van der Waals surface area (Å²) in [4.78, 5) is 19.2. The standard InChI is InChI=1S/C20H21ClN4O2/c1-24-10-9-23-20(24)17-12-22-8-11-25(17)19(26)13-27-18-7-6-16(21)14-4-2-3-5-15(14)18/h2-7,9-10,17,22H,8,11-13H2,1H3. The van der Waals surface area contributed by atoms with Gasteiger partial charge in [0.15, 0.2) is 6.61 Å². The van der Waals surface area contributed by atoms with E-state index >= 15 is 0 Å². The maximum atomic E-state index is 12.9. The number of amides is 1. The molecule has 2 heterocycles. The number of aromatic nitrogens is 2. The van der Waals surface area contributed by atoms with Gasteiger partial charge in [0.2, 0.25) is 0 Å². The molecule has 1 atom stereocenters. The number of carbonyl (C=O) groups is 1. The number of aryl methyl sites for hydroxylation is 1. The average molecular weight is 385 g/mol. The van der Waals surface area contributed by atoms with Crippen molar-refractivity contribution in [3.05, 3.63) is 59.6 Å². The molecule has 1 amide bonds. The molecule has 0 saturated carbocycles. The van der Waals surface area contributed by atoms with E-state index in [-0.39, 0.29) is 18.6 Å². The first kappa shape index (κ1) is 17.8. The Kier molecular flexibility index (Phi) is 5.01. The van der Waals surface area contributed by atoms with E-state index in [0.29, 0.717) is 23.9 Å². The Labute approximate surface area is 162 Å². The highest BCUT2D eigenvalue weighted by Crippen LogP contribution is 2.31. The Balaban J connectivity index is 1.52. The Bertz CT molecular complexity index is 972. The number of imidazole rings is 1. The van der Waals surface area contributed by atoms with Gasteiger partial charge in [0.1, 0.15) is 17.6 Å². The van der Waals surface area contributed by atoms with Gasteiger partial charge in [-0.2, -0.15) is 0 Å². The number of benzene rings is 2. The third kappa shape index (κ3) is 3.50. The van der Waals surface area contributed by atoms with E-state index in [4.69, 9.17) is 16.3 Å². The Morgan fingerprint density at radius 3 is 2.89 bits per heavy atom. The fraction of sp³-hybridized carbons (Fsp3) is 0.300. The number of halogens is 1. The molecule has 3 aromatic rings. The number of fused-ring (bicyclic) bond motifs is 1. The molecule has 0 radical (unpaired) electrons. The lowest BCUT2D eigenvalue weighted by atomic mass is 10.1. The zero-order valence-corrected chi connectivity index (χ0v) is 15.8. The van der Waals surface area contributed by atoms with E-state index < -0.39 is 0 Å². The molecule has 7 heteroatoms. The van der Waals surface area contributed by atoms with Crippen molar-refractivity contribution < 1.29 is 9.53 Å². The van der Waals surface area contributed by atoms with E-state index in [1.165, 1.54) is 0 Å². The van der Waals surface area contributed by atoms with Crippen molar-refractivity contribution in [1.29, 1.82) is 0 Å². The average Bonchev–Trinajstić information content (AvgIpc) is 3.13. The van der Waals surface area contributed by atoms with Crippen LogP contribution in [0.2, 0.25) is 5.02 Å². The molecule has 1 saturated heterocycles. The SMILES string of the molecule is Cn1ccnc1C1CNCCN1C(=O)COc1ccc(Cl)c2ccccc12. The number of carbonyl (C=O) groups excluding carboxylic acids is 1. The Morgan fingerprint density at radius 1 is 1.30 bits per heavy atom. The molecule has 2 aromatic carbocycles. The second-order valence-electron chi connectivity index (χ2n) is 6.58. The highest BCUT2D eigenvalue weighted by atomic mass is 35.5. The Morgan fingerprint density at radius 2 is 2.11 bits per heavy atom. The van der Waals surface area contributed by atoms with Crippen LogP contribution in [0.1, 0.15) is 11.9 Å². The number of hydrogen-bond donors (Lipinski definition) is 1. The van der Waals surface area contributed by atoms with Gasteiger partial charge in [-0.25, -0.2) is 4.98 Å². The molecule has 1 unspecified atom stereocenters. The molecule has 1 fully saturated rings. The lowest BCUT2D eigenvalue weighted by Crippen LogP contribution is -2.50. The lowest BCUT2D eigenvalue weighted by molar-refractivity contribution is -0.137. The summed E-state index contributed by atoms with van der Waals surface area (Å²) >= 11 is 6.26. The maximum absolute atomic E-state index is 12.9.